The molecule has 0 aromatic carbocycles. The highest BCUT2D eigenvalue weighted by atomic mass is 35.5. The second-order valence-corrected chi connectivity index (χ2v) is 8.61. The fourth-order valence-electron chi connectivity index (χ4n) is 4.91. The number of nitrogens with zero attached hydrogens (tertiary/aromatic N) is 2. The number of pyridine rings is 2. The van der Waals surface area contributed by atoms with Crippen LogP contribution < -0.4 is 5.32 Å². The van der Waals surface area contributed by atoms with E-state index in [9.17, 15) is 4.39 Å². The SMILES string of the molecule is Fc1ncc(CNCC[C@@]2(c3ccccn3)CCOC3(CCCC3)C2)cc1Cl. The Morgan fingerprint density at radius 1 is 1.18 bits per heavy atom. The van der Waals surface area contributed by atoms with E-state index >= 15 is 0 Å². The number of rotatable bonds is 6. The smallest absolute Gasteiger partial charge is 0.231 e. The lowest BCUT2D eigenvalue weighted by Crippen LogP contribution is -2.47. The minimum absolute atomic E-state index is 0.0319. The van der Waals surface area contributed by atoms with Crippen molar-refractivity contribution in [3.05, 3.63) is 58.9 Å². The van der Waals surface area contributed by atoms with Gasteiger partial charge in [-0.3, -0.25) is 4.98 Å². The van der Waals surface area contributed by atoms with Gasteiger partial charge in [0.05, 0.1) is 10.6 Å². The monoisotopic (exact) mass is 403 g/mol. The van der Waals surface area contributed by atoms with Gasteiger partial charge in [-0.25, -0.2) is 4.98 Å². The fraction of sp³-hybridized carbons (Fsp3) is 0.545. The average Bonchev–Trinajstić information content (AvgIpc) is 3.16. The van der Waals surface area contributed by atoms with E-state index in [1.54, 1.807) is 6.07 Å². The van der Waals surface area contributed by atoms with Gasteiger partial charge in [0.1, 0.15) is 0 Å². The predicted molar refractivity (Wildman–Crippen MR) is 108 cm³/mol. The summed E-state index contributed by atoms with van der Waals surface area (Å²) in [5.41, 5.74) is 2.13. The molecule has 0 unspecified atom stereocenters. The van der Waals surface area contributed by atoms with E-state index in [2.05, 4.69) is 22.4 Å². The van der Waals surface area contributed by atoms with Crippen LogP contribution in [0.1, 0.15) is 56.2 Å². The van der Waals surface area contributed by atoms with Gasteiger partial charge in [0.2, 0.25) is 5.95 Å². The van der Waals surface area contributed by atoms with E-state index in [4.69, 9.17) is 21.3 Å². The van der Waals surface area contributed by atoms with E-state index < -0.39 is 5.95 Å². The van der Waals surface area contributed by atoms with Crippen LogP contribution in [0.25, 0.3) is 0 Å². The molecule has 4 nitrogen and oxygen atoms in total. The van der Waals surface area contributed by atoms with Gasteiger partial charge < -0.3 is 10.1 Å². The zero-order valence-electron chi connectivity index (χ0n) is 16.1. The average molecular weight is 404 g/mol. The van der Waals surface area contributed by atoms with Gasteiger partial charge in [0.25, 0.3) is 0 Å². The highest BCUT2D eigenvalue weighted by Crippen LogP contribution is 2.49. The topological polar surface area (TPSA) is 47.0 Å². The Balaban J connectivity index is 1.45. The van der Waals surface area contributed by atoms with Crippen LogP contribution in [0.3, 0.4) is 0 Å². The molecular weight excluding hydrogens is 377 g/mol. The predicted octanol–water partition coefficient (Wildman–Crippen LogP) is 4.81. The van der Waals surface area contributed by atoms with Crippen molar-refractivity contribution in [2.45, 2.75) is 62.5 Å². The third kappa shape index (κ3) is 4.22. The number of halogens is 2. The molecule has 1 spiro atoms. The van der Waals surface area contributed by atoms with Gasteiger partial charge in [-0.1, -0.05) is 30.5 Å². The molecule has 0 amide bonds. The maximum Gasteiger partial charge on any atom is 0.231 e. The van der Waals surface area contributed by atoms with Gasteiger partial charge in [0.15, 0.2) is 0 Å². The number of nitrogens with one attached hydrogen (secondary N) is 1. The molecule has 2 aliphatic rings. The molecule has 1 saturated carbocycles. The summed E-state index contributed by atoms with van der Waals surface area (Å²) in [4.78, 5) is 8.43. The summed E-state index contributed by atoms with van der Waals surface area (Å²) in [6.45, 7) is 2.27. The summed E-state index contributed by atoms with van der Waals surface area (Å²) in [6.07, 6.45) is 11.3. The molecule has 2 aromatic rings. The zero-order chi connectivity index (χ0) is 19.5. The van der Waals surface area contributed by atoms with Crippen molar-refractivity contribution in [1.29, 1.82) is 0 Å². The van der Waals surface area contributed by atoms with Crippen LogP contribution in [0.2, 0.25) is 5.02 Å². The molecule has 1 aliphatic carbocycles. The first-order chi connectivity index (χ1) is 13.6. The molecule has 4 rings (SSSR count). The minimum atomic E-state index is -0.622. The molecule has 2 fully saturated rings. The number of aromatic nitrogens is 2. The minimum Gasteiger partial charge on any atom is -0.375 e. The summed E-state index contributed by atoms with van der Waals surface area (Å²) >= 11 is 5.83. The summed E-state index contributed by atoms with van der Waals surface area (Å²) in [6, 6.07) is 7.86. The summed E-state index contributed by atoms with van der Waals surface area (Å²) in [5, 5.41) is 3.55. The van der Waals surface area contributed by atoms with Crippen LogP contribution in [-0.4, -0.2) is 28.7 Å². The van der Waals surface area contributed by atoms with Crippen LogP contribution >= 0.6 is 11.6 Å². The van der Waals surface area contributed by atoms with Gasteiger partial charge >= 0.3 is 0 Å². The van der Waals surface area contributed by atoms with Crippen molar-refractivity contribution in [2.75, 3.05) is 13.2 Å². The van der Waals surface area contributed by atoms with Crippen LogP contribution in [0.4, 0.5) is 4.39 Å². The lowest BCUT2D eigenvalue weighted by atomic mass is 9.68. The lowest BCUT2D eigenvalue weighted by Gasteiger charge is -2.46. The van der Waals surface area contributed by atoms with Crippen molar-refractivity contribution in [3.8, 4) is 0 Å². The highest BCUT2D eigenvalue weighted by molar-refractivity contribution is 6.30. The van der Waals surface area contributed by atoms with Crippen LogP contribution in [0.15, 0.2) is 36.7 Å². The standard InChI is InChI=1S/C22H27ClFN3O/c23-18-13-17(15-27-20(18)24)14-25-11-8-21(19-5-1-4-10-26-19)9-12-28-22(16-21)6-2-3-7-22/h1,4-5,10,13,15,25H,2-3,6-9,11-12,14,16H2/t21-/m1/s1. The quantitative estimate of drug-likeness (QED) is 0.555. The Kier molecular flexibility index (Phi) is 5.95. The maximum absolute atomic E-state index is 13.2. The Morgan fingerprint density at radius 3 is 2.79 bits per heavy atom. The third-order valence-corrected chi connectivity index (χ3v) is 6.60. The first-order valence-electron chi connectivity index (χ1n) is 10.2. The Morgan fingerprint density at radius 2 is 2.04 bits per heavy atom. The normalized spacial score (nSPS) is 23.9. The molecule has 1 aliphatic heterocycles. The van der Waals surface area contributed by atoms with Crippen LogP contribution in [-0.2, 0) is 16.7 Å². The molecule has 1 atom stereocenters. The first kappa shape index (κ1) is 19.7. The molecule has 6 heteroatoms. The highest BCUT2D eigenvalue weighted by Gasteiger charge is 2.48. The Labute approximate surface area is 170 Å². The Hall–Kier alpha value is -1.56. The molecule has 1 N–H and O–H groups in total. The van der Waals surface area contributed by atoms with Crippen LogP contribution in [0, 0.1) is 5.95 Å². The van der Waals surface area contributed by atoms with E-state index in [-0.39, 0.29) is 16.0 Å². The molecule has 150 valence electrons. The molecular formula is C22H27ClFN3O. The van der Waals surface area contributed by atoms with Gasteiger partial charge in [-0.15, -0.1) is 0 Å². The number of hydrogen-bond acceptors (Lipinski definition) is 4. The first-order valence-corrected chi connectivity index (χ1v) is 10.5. The lowest BCUT2D eigenvalue weighted by molar-refractivity contribution is -0.104. The van der Waals surface area contributed by atoms with Gasteiger partial charge in [-0.2, -0.15) is 4.39 Å². The third-order valence-electron chi connectivity index (χ3n) is 6.33. The molecule has 0 bridgehead atoms. The summed E-state index contributed by atoms with van der Waals surface area (Å²) in [5.74, 6) is -0.622. The van der Waals surface area contributed by atoms with Gasteiger partial charge in [-0.05, 0) is 62.4 Å². The molecule has 3 heterocycles. The van der Waals surface area contributed by atoms with E-state index in [1.807, 2.05) is 12.3 Å². The Bertz CT molecular complexity index is 798. The molecule has 28 heavy (non-hydrogen) atoms. The van der Waals surface area contributed by atoms with Crippen molar-refractivity contribution < 1.29 is 9.13 Å². The second-order valence-electron chi connectivity index (χ2n) is 8.20. The largest absolute Gasteiger partial charge is 0.375 e. The molecule has 2 aromatic heterocycles. The number of hydrogen-bond donors (Lipinski definition) is 1. The van der Waals surface area contributed by atoms with Crippen molar-refractivity contribution >= 4 is 11.6 Å². The van der Waals surface area contributed by atoms with Crippen molar-refractivity contribution in [3.63, 3.8) is 0 Å². The van der Waals surface area contributed by atoms with Crippen molar-refractivity contribution in [1.82, 2.24) is 15.3 Å². The van der Waals surface area contributed by atoms with E-state index in [0.717, 1.165) is 50.8 Å². The summed E-state index contributed by atoms with van der Waals surface area (Å²) < 4.78 is 19.5. The maximum atomic E-state index is 13.2. The second kappa shape index (κ2) is 8.44. The zero-order valence-corrected chi connectivity index (χ0v) is 16.8. The van der Waals surface area contributed by atoms with E-state index in [0.29, 0.717) is 6.54 Å². The summed E-state index contributed by atoms with van der Waals surface area (Å²) in [7, 11) is 0. The molecule has 1 saturated heterocycles. The van der Waals surface area contributed by atoms with Crippen molar-refractivity contribution in [2.24, 2.45) is 0 Å². The van der Waals surface area contributed by atoms with Crippen LogP contribution in [0.5, 0.6) is 0 Å². The van der Waals surface area contributed by atoms with Gasteiger partial charge in [0, 0.05) is 36.7 Å². The number of ether oxygens (including phenoxy) is 1. The fourth-order valence-corrected chi connectivity index (χ4v) is 5.10. The molecule has 0 radical (unpaired) electrons. The van der Waals surface area contributed by atoms with E-state index in [1.165, 1.54) is 24.7 Å².